The lowest BCUT2D eigenvalue weighted by atomic mass is 10.2. The molecule has 128 valence electrons. The molecule has 0 saturated heterocycles. The molecule has 0 atom stereocenters. The minimum Gasteiger partial charge on any atom is -0.465 e. The summed E-state index contributed by atoms with van der Waals surface area (Å²) in [4.78, 5) is 11.6. The second-order valence-electron chi connectivity index (χ2n) is 5.08. The standard InChI is InChI=1S/C17H18FNO4S/c1-3-19(12-13-6-4-8-15(18)10-13)24(21,22)16-9-5-7-14(11-16)17(20)23-2/h4-11H,3,12H2,1-2H3. The number of hydrogen-bond acceptors (Lipinski definition) is 4. The Hall–Kier alpha value is -2.25. The molecule has 5 nitrogen and oxygen atoms in total. The fraction of sp³-hybridized carbons (Fsp3) is 0.235. The Morgan fingerprint density at radius 2 is 1.88 bits per heavy atom. The predicted molar refractivity (Wildman–Crippen MR) is 87.5 cm³/mol. The zero-order valence-corrected chi connectivity index (χ0v) is 14.2. The number of benzene rings is 2. The summed E-state index contributed by atoms with van der Waals surface area (Å²) in [5.74, 6) is -1.03. The predicted octanol–water partition coefficient (Wildman–Crippen LogP) is 2.82. The van der Waals surface area contributed by atoms with Crippen LogP contribution in [0.5, 0.6) is 0 Å². The number of halogens is 1. The highest BCUT2D eigenvalue weighted by atomic mass is 32.2. The SMILES string of the molecule is CCN(Cc1cccc(F)c1)S(=O)(=O)c1cccc(C(=O)OC)c1. The molecule has 0 aliphatic rings. The van der Waals surface area contributed by atoms with Gasteiger partial charge < -0.3 is 4.74 Å². The van der Waals surface area contributed by atoms with Crippen LogP contribution >= 0.6 is 0 Å². The summed E-state index contributed by atoms with van der Waals surface area (Å²) in [5, 5.41) is 0. The van der Waals surface area contributed by atoms with Crippen LogP contribution in [-0.2, 0) is 21.3 Å². The number of carbonyl (C=O) groups is 1. The maximum Gasteiger partial charge on any atom is 0.337 e. The van der Waals surface area contributed by atoms with Crippen LogP contribution in [0.4, 0.5) is 4.39 Å². The van der Waals surface area contributed by atoms with Gasteiger partial charge in [-0.25, -0.2) is 17.6 Å². The summed E-state index contributed by atoms with van der Waals surface area (Å²) in [7, 11) is -2.60. The van der Waals surface area contributed by atoms with E-state index in [9.17, 15) is 17.6 Å². The van der Waals surface area contributed by atoms with Crippen LogP contribution in [0.1, 0.15) is 22.8 Å². The molecule has 0 radical (unpaired) electrons. The van der Waals surface area contributed by atoms with E-state index in [1.54, 1.807) is 13.0 Å². The highest BCUT2D eigenvalue weighted by Gasteiger charge is 2.24. The number of rotatable bonds is 6. The van der Waals surface area contributed by atoms with E-state index in [2.05, 4.69) is 4.74 Å². The molecule has 0 aliphatic carbocycles. The molecule has 0 N–H and O–H groups in total. The summed E-state index contributed by atoms with van der Waals surface area (Å²) in [6.45, 7) is 1.95. The van der Waals surface area contributed by atoms with Crippen molar-refractivity contribution in [2.45, 2.75) is 18.4 Å². The Morgan fingerprint density at radius 3 is 2.50 bits per heavy atom. The zero-order valence-electron chi connectivity index (χ0n) is 13.4. The maximum atomic E-state index is 13.3. The molecule has 0 bridgehead atoms. The molecule has 7 heteroatoms. The molecule has 0 fully saturated rings. The number of ether oxygens (including phenoxy) is 1. The maximum absolute atomic E-state index is 13.3. The van der Waals surface area contributed by atoms with Gasteiger partial charge in [-0.1, -0.05) is 25.1 Å². The molecule has 2 aromatic rings. The summed E-state index contributed by atoms with van der Waals surface area (Å²) in [6.07, 6.45) is 0. The summed E-state index contributed by atoms with van der Waals surface area (Å²) < 4.78 is 44.7. The number of nitrogens with zero attached hydrogens (tertiary/aromatic N) is 1. The van der Waals surface area contributed by atoms with Gasteiger partial charge in [-0.05, 0) is 35.9 Å². The first kappa shape index (κ1) is 18.1. The highest BCUT2D eigenvalue weighted by Crippen LogP contribution is 2.20. The molecule has 2 rings (SSSR count). The van der Waals surface area contributed by atoms with Gasteiger partial charge in [0.2, 0.25) is 10.0 Å². The third-order valence-electron chi connectivity index (χ3n) is 3.49. The Bertz CT molecular complexity index is 836. The van der Waals surface area contributed by atoms with Crippen LogP contribution < -0.4 is 0 Å². The number of esters is 1. The Morgan fingerprint density at radius 1 is 1.17 bits per heavy atom. The van der Waals surface area contributed by atoms with Crippen molar-refractivity contribution in [2.24, 2.45) is 0 Å². The van der Waals surface area contributed by atoms with Crippen LogP contribution in [-0.4, -0.2) is 32.3 Å². The summed E-state index contributed by atoms with van der Waals surface area (Å²) in [6, 6.07) is 11.4. The third-order valence-corrected chi connectivity index (χ3v) is 5.41. The van der Waals surface area contributed by atoms with Crippen molar-refractivity contribution < 1.29 is 22.3 Å². The number of sulfonamides is 1. The van der Waals surface area contributed by atoms with Crippen molar-refractivity contribution in [1.29, 1.82) is 0 Å². The lowest BCUT2D eigenvalue weighted by Gasteiger charge is -2.21. The fourth-order valence-corrected chi connectivity index (χ4v) is 3.74. The number of hydrogen-bond donors (Lipinski definition) is 0. The molecular weight excluding hydrogens is 333 g/mol. The molecule has 0 unspecified atom stereocenters. The van der Waals surface area contributed by atoms with Crippen molar-refractivity contribution in [3.8, 4) is 0 Å². The van der Waals surface area contributed by atoms with Gasteiger partial charge in [-0.3, -0.25) is 0 Å². The lowest BCUT2D eigenvalue weighted by molar-refractivity contribution is 0.0600. The van der Waals surface area contributed by atoms with Gasteiger partial charge in [0, 0.05) is 13.1 Å². The Kier molecular flexibility index (Phi) is 5.69. The van der Waals surface area contributed by atoms with E-state index in [1.165, 1.54) is 53.9 Å². The first-order valence-corrected chi connectivity index (χ1v) is 8.75. The second-order valence-corrected chi connectivity index (χ2v) is 7.02. The molecule has 0 aliphatic heterocycles. The lowest BCUT2D eigenvalue weighted by Crippen LogP contribution is -2.30. The van der Waals surface area contributed by atoms with Crippen LogP contribution in [0.15, 0.2) is 53.4 Å². The molecular formula is C17H18FNO4S. The molecule has 0 amide bonds. The van der Waals surface area contributed by atoms with Gasteiger partial charge in [-0.15, -0.1) is 0 Å². The van der Waals surface area contributed by atoms with E-state index in [-0.39, 0.29) is 23.5 Å². The minimum atomic E-state index is -3.82. The molecule has 0 spiro atoms. The number of methoxy groups -OCH3 is 1. The number of carbonyl (C=O) groups excluding carboxylic acids is 1. The van der Waals surface area contributed by atoms with Crippen molar-refractivity contribution in [1.82, 2.24) is 4.31 Å². The van der Waals surface area contributed by atoms with E-state index in [4.69, 9.17) is 0 Å². The normalized spacial score (nSPS) is 11.5. The Balaban J connectivity index is 2.34. The van der Waals surface area contributed by atoms with E-state index in [0.717, 1.165) is 0 Å². The fourth-order valence-electron chi connectivity index (χ4n) is 2.26. The van der Waals surface area contributed by atoms with Crippen LogP contribution in [0, 0.1) is 5.82 Å². The summed E-state index contributed by atoms with van der Waals surface area (Å²) in [5.41, 5.74) is 0.699. The van der Waals surface area contributed by atoms with Crippen LogP contribution in [0.25, 0.3) is 0 Å². The molecule has 0 heterocycles. The van der Waals surface area contributed by atoms with Crippen molar-refractivity contribution in [3.63, 3.8) is 0 Å². The van der Waals surface area contributed by atoms with Gasteiger partial charge >= 0.3 is 5.97 Å². The first-order valence-electron chi connectivity index (χ1n) is 7.31. The van der Waals surface area contributed by atoms with Crippen LogP contribution in [0.3, 0.4) is 0 Å². The van der Waals surface area contributed by atoms with Gasteiger partial charge in [0.25, 0.3) is 0 Å². The average Bonchev–Trinajstić information content (AvgIpc) is 2.59. The summed E-state index contributed by atoms with van der Waals surface area (Å²) >= 11 is 0. The van der Waals surface area contributed by atoms with Crippen molar-refractivity contribution in [2.75, 3.05) is 13.7 Å². The highest BCUT2D eigenvalue weighted by molar-refractivity contribution is 7.89. The largest absolute Gasteiger partial charge is 0.465 e. The van der Waals surface area contributed by atoms with E-state index in [1.807, 2.05) is 0 Å². The zero-order chi connectivity index (χ0) is 17.7. The third kappa shape index (κ3) is 3.98. The molecule has 0 aromatic heterocycles. The van der Waals surface area contributed by atoms with Gasteiger partial charge in [-0.2, -0.15) is 4.31 Å². The Labute approximate surface area is 140 Å². The first-order chi connectivity index (χ1) is 11.4. The molecule has 2 aromatic carbocycles. The van der Waals surface area contributed by atoms with E-state index < -0.39 is 21.8 Å². The topological polar surface area (TPSA) is 63.7 Å². The van der Waals surface area contributed by atoms with Gasteiger partial charge in [0.15, 0.2) is 0 Å². The minimum absolute atomic E-state index is 0.0105. The smallest absolute Gasteiger partial charge is 0.337 e. The van der Waals surface area contributed by atoms with E-state index in [0.29, 0.717) is 5.56 Å². The quantitative estimate of drug-likeness (QED) is 0.751. The monoisotopic (exact) mass is 351 g/mol. The molecule has 24 heavy (non-hydrogen) atoms. The second kappa shape index (κ2) is 7.55. The van der Waals surface area contributed by atoms with Crippen molar-refractivity contribution >= 4 is 16.0 Å². The average molecular weight is 351 g/mol. The van der Waals surface area contributed by atoms with Crippen LogP contribution in [0.2, 0.25) is 0 Å². The van der Waals surface area contributed by atoms with Gasteiger partial charge in [0.1, 0.15) is 5.82 Å². The van der Waals surface area contributed by atoms with E-state index >= 15 is 0 Å². The van der Waals surface area contributed by atoms with Crippen molar-refractivity contribution in [3.05, 3.63) is 65.5 Å². The van der Waals surface area contributed by atoms with Gasteiger partial charge in [0.05, 0.1) is 17.6 Å². The molecule has 0 saturated carbocycles.